The fourth-order valence-corrected chi connectivity index (χ4v) is 2.50. The second kappa shape index (κ2) is 6.60. The van der Waals surface area contributed by atoms with E-state index in [2.05, 4.69) is 10.3 Å². The molecular formula is C14H17N3O2S. The van der Waals surface area contributed by atoms with Crippen LogP contribution in [0.1, 0.15) is 5.69 Å². The molecule has 2 aromatic rings. The molecule has 0 aliphatic rings. The van der Waals surface area contributed by atoms with Crippen molar-refractivity contribution < 1.29 is 9.53 Å². The van der Waals surface area contributed by atoms with Crippen LogP contribution in [0.5, 0.6) is 0 Å². The molecule has 0 radical (unpaired) electrons. The Morgan fingerprint density at radius 2 is 2.35 bits per heavy atom. The van der Waals surface area contributed by atoms with Crippen molar-refractivity contribution in [2.24, 2.45) is 5.73 Å². The van der Waals surface area contributed by atoms with E-state index >= 15 is 0 Å². The number of hydrogen-bond acceptors (Lipinski definition) is 5. The number of aryl methyl sites for hydroxylation is 1. The minimum Gasteiger partial charge on any atom is -0.383 e. The highest BCUT2D eigenvalue weighted by Gasteiger charge is 2.13. The van der Waals surface area contributed by atoms with Crippen LogP contribution in [0.2, 0.25) is 0 Å². The lowest BCUT2D eigenvalue weighted by atomic mass is 10.2. The SMILES string of the molecule is COCC(N)C(=O)Nc1cccc(-c2nc(C)cs2)c1. The minimum absolute atomic E-state index is 0.192. The number of benzene rings is 1. The number of amides is 1. The Labute approximate surface area is 121 Å². The Balaban J connectivity index is 2.12. The molecule has 6 heteroatoms. The molecular weight excluding hydrogens is 274 g/mol. The number of nitrogens with one attached hydrogen (secondary N) is 1. The van der Waals surface area contributed by atoms with Gasteiger partial charge in [-0.1, -0.05) is 12.1 Å². The summed E-state index contributed by atoms with van der Waals surface area (Å²) < 4.78 is 4.86. The molecule has 1 aromatic carbocycles. The van der Waals surface area contributed by atoms with E-state index in [0.29, 0.717) is 5.69 Å². The summed E-state index contributed by atoms with van der Waals surface area (Å²) in [6.45, 7) is 2.15. The van der Waals surface area contributed by atoms with Crippen molar-refractivity contribution in [2.45, 2.75) is 13.0 Å². The molecule has 20 heavy (non-hydrogen) atoms. The molecule has 0 fully saturated rings. The summed E-state index contributed by atoms with van der Waals surface area (Å²) >= 11 is 1.58. The van der Waals surface area contributed by atoms with Crippen molar-refractivity contribution >= 4 is 22.9 Å². The first-order valence-corrected chi connectivity index (χ1v) is 7.06. The van der Waals surface area contributed by atoms with Crippen molar-refractivity contribution in [1.82, 2.24) is 4.98 Å². The van der Waals surface area contributed by atoms with Crippen LogP contribution in [-0.2, 0) is 9.53 Å². The predicted molar refractivity (Wildman–Crippen MR) is 80.8 cm³/mol. The summed E-state index contributed by atoms with van der Waals surface area (Å²) in [4.78, 5) is 16.3. The number of methoxy groups -OCH3 is 1. The number of carbonyl (C=O) groups is 1. The second-order valence-corrected chi connectivity index (χ2v) is 5.28. The maximum Gasteiger partial charge on any atom is 0.243 e. The first-order chi connectivity index (χ1) is 9.60. The van der Waals surface area contributed by atoms with Crippen LogP contribution in [0.4, 0.5) is 5.69 Å². The third-order valence-corrected chi connectivity index (χ3v) is 3.69. The van der Waals surface area contributed by atoms with Crippen molar-refractivity contribution in [1.29, 1.82) is 0 Å². The summed E-state index contributed by atoms with van der Waals surface area (Å²) in [5.74, 6) is -0.265. The van der Waals surface area contributed by atoms with Crippen molar-refractivity contribution in [3.8, 4) is 10.6 Å². The molecule has 1 atom stereocenters. The lowest BCUT2D eigenvalue weighted by Crippen LogP contribution is -2.39. The van der Waals surface area contributed by atoms with Gasteiger partial charge in [-0.25, -0.2) is 4.98 Å². The van der Waals surface area contributed by atoms with Gasteiger partial charge in [-0.3, -0.25) is 4.79 Å². The lowest BCUT2D eigenvalue weighted by Gasteiger charge is -2.11. The highest BCUT2D eigenvalue weighted by molar-refractivity contribution is 7.13. The average Bonchev–Trinajstić information content (AvgIpc) is 2.86. The molecule has 5 nitrogen and oxygen atoms in total. The number of anilines is 1. The molecule has 1 heterocycles. The summed E-state index contributed by atoms with van der Waals surface area (Å²) in [6, 6.07) is 6.87. The summed E-state index contributed by atoms with van der Waals surface area (Å²) in [5, 5.41) is 5.70. The molecule has 2 rings (SSSR count). The highest BCUT2D eigenvalue weighted by Crippen LogP contribution is 2.25. The van der Waals surface area contributed by atoms with Crippen molar-refractivity contribution in [3.63, 3.8) is 0 Å². The van der Waals surface area contributed by atoms with Gasteiger partial charge in [0.05, 0.1) is 6.61 Å². The van der Waals surface area contributed by atoms with Gasteiger partial charge in [0.2, 0.25) is 5.91 Å². The molecule has 0 bridgehead atoms. The molecule has 1 amide bonds. The van der Waals surface area contributed by atoms with Gasteiger partial charge in [-0.05, 0) is 19.1 Å². The highest BCUT2D eigenvalue weighted by atomic mass is 32.1. The van der Waals surface area contributed by atoms with Crippen LogP contribution in [0.15, 0.2) is 29.6 Å². The first-order valence-electron chi connectivity index (χ1n) is 6.18. The topological polar surface area (TPSA) is 77.2 Å². The van der Waals surface area contributed by atoms with Crippen LogP contribution in [0.3, 0.4) is 0 Å². The average molecular weight is 291 g/mol. The summed E-state index contributed by atoms with van der Waals surface area (Å²) in [6.07, 6.45) is 0. The van der Waals surface area contributed by atoms with Crippen molar-refractivity contribution in [3.05, 3.63) is 35.3 Å². The number of carbonyl (C=O) groups excluding carboxylic acids is 1. The zero-order valence-electron chi connectivity index (χ0n) is 11.4. The van der Waals surface area contributed by atoms with Gasteiger partial charge in [0.25, 0.3) is 0 Å². The quantitative estimate of drug-likeness (QED) is 0.883. The number of hydrogen-bond donors (Lipinski definition) is 2. The molecule has 0 saturated heterocycles. The van der Waals surface area contributed by atoms with Gasteiger partial charge in [0, 0.05) is 29.4 Å². The lowest BCUT2D eigenvalue weighted by molar-refractivity contribution is -0.118. The third kappa shape index (κ3) is 3.63. The predicted octanol–water partition coefficient (Wildman–Crippen LogP) is 2.03. The van der Waals surface area contributed by atoms with E-state index in [9.17, 15) is 4.79 Å². The van der Waals surface area contributed by atoms with Gasteiger partial charge in [-0.2, -0.15) is 0 Å². The Morgan fingerprint density at radius 3 is 3.00 bits per heavy atom. The molecule has 0 saturated carbocycles. The van der Waals surface area contributed by atoms with E-state index in [-0.39, 0.29) is 12.5 Å². The van der Waals surface area contributed by atoms with E-state index in [4.69, 9.17) is 10.5 Å². The fourth-order valence-electron chi connectivity index (χ4n) is 1.71. The van der Waals surface area contributed by atoms with Crippen LogP contribution in [0.25, 0.3) is 10.6 Å². The number of nitrogens with two attached hydrogens (primary N) is 1. The zero-order chi connectivity index (χ0) is 14.5. The van der Waals surface area contributed by atoms with Gasteiger partial charge in [-0.15, -0.1) is 11.3 Å². The number of nitrogens with zero attached hydrogens (tertiary/aromatic N) is 1. The molecule has 3 N–H and O–H groups in total. The maximum atomic E-state index is 11.8. The second-order valence-electron chi connectivity index (χ2n) is 4.43. The van der Waals surface area contributed by atoms with Gasteiger partial charge >= 0.3 is 0 Å². The Morgan fingerprint density at radius 1 is 1.55 bits per heavy atom. The number of thiazole rings is 1. The third-order valence-electron chi connectivity index (χ3n) is 2.68. The molecule has 1 aromatic heterocycles. The summed E-state index contributed by atoms with van der Waals surface area (Å²) in [7, 11) is 1.51. The van der Waals surface area contributed by atoms with E-state index in [1.807, 2.05) is 36.6 Å². The van der Waals surface area contributed by atoms with Crippen LogP contribution in [0, 0.1) is 6.92 Å². The van der Waals surface area contributed by atoms with Crippen LogP contribution in [-0.4, -0.2) is 30.6 Å². The van der Waals surface area contributed by atoms with E-state index in [1.165, 1.54) is 7.11 Å². The first kappa shape index (κ1) is 14.6. The molecule has 0 spiro atoms. The number of ether oxygens (including phenoxy) is 1. The molecule has 0 aliphatic carbocycles. The van der Waals surface area contributed by atoms with Crippen molar-refractivity contribution in [2.75, 3.05) is 19.0 Å². The monoisotopic (exact) mass is 291 g/mol. The number of rotatable bonds is 5. The van der Waals surface area contributed by atoms with Crippen LogP contribution >= 0.6 is 11.3 Å². The van der Waals surface area contributed by atoms with Gasteiger partial charge < -0.3 is 15.8 Å². The number of aromatic nitrogens is 1. The zero-order valence-corrected chi connectivity index (χ0v) is 12.2. The Hall–Kier alpha value is -1.76. The van der Waals surface area contributed by atoms with Crippen LogP contribution < -0.4 is 11.1 Å². The van der Waals surface area contributed by atoms with E-state index in [0.717, 1.165) is 16.3 Å². The Bertz CT molecular complexity index is 598. The normalized spacial score (nSPS) is 12.2. The molecule has 106 valence electrons. The van der Waals surface area contributed by atoms with Gasteiger partial charge in [0.1, 0.15) is 11.0 Å². The summed E-state index contributed by atoms with van der Waals surface area (Å²) in [5.41, 5.74) is 8.34. The standard InChI is InChI=1S/C14H17N3O2S/c1-9-8-20-14(16-9)10-4-3-5-11(6-10)17-13(18)12(15)7-19-2/h3-6,8,12H,7,15H2,1-2H3,(H,17,18). The fraction of sp³-hybridized carbons (Fsp3) is 0.286. The maximum absolute atomic E-state index is 11.8. The Kier molecular flexibility index (Phi) is 4.84. The molecule has 0 aliphatic heterocycles. The molecule has 1 unspecified atom stereocenters. The van der Waals surface area contributed by atoms with Gasteiger partial charge in [0.15, 0.2) is 0 Å². The largest absolute Gasteiger partial charge is 0.383 e. The smallest absolute Gasteiger partial charge is 0.243 e. The minimum atomic E-state index is -0.675. The van der Waals surface area contributed by atoms with E-state index in [1.54, 1.807) is 11.3 Å². The van der Waals surface area contributed by atoms with E-state index < -0.39 is 6.04 Å².